The molecule has 0 atom stereocenters. The number of carbonyl (C=O) groups is 1. The molecular formula is C15H17N3O4S. The van der Waals surface area contributed by atoms with Crippen LogP contribution in [0.25, 0.3) is 0 Å². The first-order chi connectivity index (χ1) is 11.1. The molecule has 2 rings (SSSR count). The molecule has 122 valence electrons. The first-order valence-electron chi connectivity index (χ1n) is 6.86. The summed E-state index contributed by atoms with van der Waals surface area (Å²) in [5, 5.41) is 14.4. The van der Waals surface area contributed by atoms with Crippen molar-refractivity contribution in [2.24, 2.45) is 5.10 Å². The Morgan fingerprint density at radius 1 is 1.52 bits per heavy atom. The summed E-state index contributed by atoms with van der Waals surface area (Å²) in [6.07, 6.45) is 1.44. The van der Waals surface area contributed by atoms with Crippen LogP contribution in [0.1, 0.15) is 27.9 Å². The Labute approximate surface area is 137 Å². The van der Waals surface area contributed by atoms with E-state index in [4.69, 9.17) is 9.47 Å². The van der Waals surface area contributed by atoms with Crippen LogP contribution in [-0.4, -0.2) is 36.0 Å². The summed E-state index contributed by atoms with van der Waals surface area (Å²) < 4.78 is 9.98. The van der Waals surface area contributed by atoms with E-state index in [0.29, 0.717) is 33.6 Å². The number of benzene rings is 1. The third kappa shape index (κ3) is 3.98. The maximum atomic E-state index is 11.7. The van der Waals surface area contributed by atoms with Crippen LogP contribution in [0.15, 0.2) is 23.3 Å². The first kappa shape index (κ1) is 16.8. The first-order valence-corrected chi connectivity index (χ1v) is 7.68. The van der Waals surface area contributed by atoms with Crippen LogP contribution >= 0.6 is 11.3 Å². The second-order valence-electron chi connectivity index (χ2n) is 4.42. The molecule has 8 heteroatoms. The molecule has 1 heterocycles. The predicted octanol–water partition coefficient (Wildman–Crippen LogP) is 2.79. The van der Waals surface area contributed by atoms with Crippen molar-refractivity contribution >= 4 is 28.7 Å². The van der Waals surface area contributed by atoms with Gasteiger partial charge in [-0.15, -0.1) is 0 Å². The summed E-state index contributed by atoms with van der Waals surface area (Å²) in [5.41, 5.74) is 3.81. The number of hydrogen-bond acceptors (Lipinski definition) is 8. The van der Waals surface area contributed by atoms with Gasteiger partial charge in [0.1, 0.15) is 4.88 Å². The summed E-state index contributed by atoms with van der Waals surface area (Å²) in [6.45, 7) is 3.79. The quantitative estimate of drug-likeness (QED) is 0.479. The number of nitrogens with one attached hydrogen (secondary N) is 1. The number of esters is 1. The topological polar surface area (TPSA) is 93.0 Å². The zero-order valence-electron chi connectivity index (χ0n) is 13.0. The lowest BCUT2D eigenvalue weighted by Crippen LogP contribution is -2.03. The normalized spacial score (nSPS) is 10.7. The zero-order chi connectivity index (χ0) is 16.8. The number of hydrogen-bond donors (Lipinski definition) is 2. The van der Waals surface area contributed by atoms with Crippen LogP contribution in [0.2, 0.25) is 0 Å². The van der Waals surface area contributed by atoms with Crippen molar-refractivity contribution in [3.8, 4) is 11.5 Å². The average Bonchev–Trinajstić information content (AvgIpc) is 2.90. The van der Waals surface area contributed by atoms with Crippen LogP contribution in [0.4, 0.5) is 5.13 Å². The van der Waals surface area contributed by atoms with Gasteiger partial charge in [-0.1, -0.05) is 17.4 Å². The lowest BCUT2D eigenvalue weighted by atomic mass is 10.2. The van der Waals surface area contributed by atoms with Crippen molar-refractivity contribution in [1.82, 2.24) is 4.98 Å². The van der Waals surface area contributed by atoms with Gasteiger partial charge < -0.3 is 14.6 Å². The number of thiazole rings is 1. The van der Waals surface area contributed by atoms with E-state index in [-0.39, 0.29) is 5.75 Å². The maximum absolute atomic E-state index is 11.7. The number of hydrazone groups is 1. The number of aryl methyl sites for hydroxylation is 1. The van der Waals surface area contributed by atoms with E-state index >= 15 is 0 Å². The molecule has 7 nitrogen and oxygen atoms in total. The fourth-order valence-corrected chi connectivity index (χ4v) is 2.61. The molecule has 1 aromatic carbocycles. The van der Waals surface area contributed by atoms with Gasteiger partial charge in [-0.3, -0.25) is 5.43 Å². The predicted molar refractivity (Wildman–Crippen MR) is 88.7 cm³/mol. The number of aromatic hydroxyl groups is 1. The average molecular weight is 335 g/mol. The molecule has 0 unspecified atom stereocenters. The molecule has 0 fully saturated rings. The van der Waals surface area contributed by atoms with E-state index in [1.165, 1.54) is 13.3 Å². The second-order valence-corrected chi connectivity index (χ2v) is 5.42. The Kier molecular flexibility index (Phi) is 5.53. The SMILES string of the molecule is CCOC(=O)c1sc(NN=Cc2cccc(OC)c2O)nc1C. The van der Waals surface area contributed by atoms with Gasteiger partial charge in [-0.2, -0.15) is 5.10 Å². The van der Waals surface area contributed by atoms with Gasteiger partial charge in [0.25, 0.3) is 0 Å². The van der Waals surface area contributed by atoms with Crippen molar-refractivity contribution in [3.63, 3.8) is 0 Å². The van der Waals surface area contributed by atoms with Gasteiger partial charge in [0, 0.05) is 5.56 Å². The number of aromatic nitrogens is 1. The Balaban J connectivity index is 2.09. The number of anilines is 1. The number of rotatable bonds is 6. The number of methoxy groups -OCH3 is 1. The molecule has 0 radical (unpaired) electrons. The molecule has 0 amide bonds. The second kappa shape index (κ2) is 7.59. The zero-order valence-corrected chi connectivity index (χ0v) is 13.8. The van der Waals surface area contributed by atoms with Crippen molar-refractivity contribution < 1.29 is 19.4 Å². The van der Waals surface area contributed by atoms with Gasteiger partial charge in [0.2, 0.25) is 5.13 Å². The number of phenolic OH excluding ortho intramolecular Hbond substituents is 1. The van der Waals surface area contributed by atoms with Gasteiger partial charge in [0.05, 0.1) is 25.6 Å². The van der Waals surface area contributed by atoms with E-state index in [1.54, 1.807) is 32.0 Å². The Bertz CT molecular complexity index is 728. The van der Waals surface area contributed by atoms with E-state index in [2.05, 4.69) is 15.5 Å². The third-order valence-electron chi connectivity index (χ3n) is 2.87. The molecule has 23 heavy (non-hydrogen) atoms. The molecule has 2 N–H and O–H groups in total. The van der Waals surface area contributed by atoms with Crippen LogP contribution in [-0.2, 0) is 4.74 Å². The summed E-state index contributed by atoms with van der Waals surface area (Å²) >= 11 is 1.16. The molecule has 0 aliphatic heterocycles. The molecule has 0 saturated heterocycles. The summed E-state index contributed by atoms with van der Waals surface area (Å²) in [7, 11) is 1.48. The van der Waals surface area contributed by atoms with Gasteiger partial charge in [-0.05, 0) is 26.0 Å². The summed E-state index contributed by atoms with van der Waals surface area (Å²) in [6, 6.07) is 5.09. The highest BCUT2D eigenvalue weighted by atomic mass is 32.1. The molecule has 1 aromatic heterocycles. The maximum Gasteiger partial charge on any atom is 0.350 e. The van der Waals surface area contributed by atoms with Crippen LogP contribution < -0.4 is 10.2 Å². The highest BCUT2D eigenvalue weighted by Crippen LogP contribution is 2.28. The van der Waals surface area contributed by atoms with Gasteiger partial charge in [-0.25, -0.2) is 9.78 Å². The number of ether oxygens (including phenoxy) is 2. The lowest BCUT2D eigenvalue weighted by molar-refractivity contribution is 0.0531. The molecular weight excluding hydrogens is 318 g/mol. The molecule has 0 aliphatic rings. The van der Waals surface area contributed by atoms with Crippen LogP contribution in [0.3, 0.4) is 0 Å². The van der Waals surface area contributed by atoms with Crippen LogP contribution in [0, 0.1) is 6.92 Å². The Morgan fingerprint density at radius 2 is 2.30 bits per heavy atom. The minimum atomic E-state index is -0.398. The Hall–Kier alpha value is -2.61. The van der Waals surface area contributed by atoms with Crippen LogP contribution in [0.5, 0.6) is 11.5 Å². The van der Waals surface area contributed by atoms with E-state index < -0.39 is 5.97 Å². The van der Waals surface area contributed by atoms with Crippen molar-refractivity contribution in [1.29, 1.82) is 0 Å². The van der Waals surface area contributed by atoms with E-state index in [1.807, 2.05) is 0 Å². The summed E-state index contributed by atoms with van der Waals surface area (Å²) in [5.74, 6) is -0.0308. The highest BCUT2D eigenvalue weighted by Gasteiger charge is 2.16. The van der Waals surface area contributed by atoms with Crippen molar-refractivity contribution in [2.75, 3.05) is 19.1 Å². The molecule has 0 saturated carbocycles. The molecule has 0 spiro atoms. The highest BCUT2D eigenvalue weighted by molar-refractivity contribution is 7.17. The Morgan fingerprint density at radius 3 is 3.00 bits per heavy atom. The lowest BCUT2D eigenvalue weighted by Gasteiger charge is -2.04. The van der Waals surface area contributed by atoms with Crippen molar-refractivity contribution in [3.05, 3.63) is 34.3 Å². The number of para-hydroxylation sites is 1. The monoisotopic (exact) mass is 335 g/mol. The van der Waals surface area contributed by atoms with E-state index in [0.717, 1.165) is 11.3 Å². The molecule has 0 bridgehead atoms. The number of nitrogens with zero attached hydrogens (tertiary/aromatic N) is 2. The van der Waals surface area contributed by atoms with Crippen molar-refractivity contribution in [2.45, 2.75) is 13.8 Å². The standard InChI is InChI=1S/C15H17N3O4S/c1-4-22-14(20)13-9(2)17-15(23-13)18-16-8-10-6-5-7-11(21-3)12(10)19/h5-8,19H,4H2,1-3H3,(H,17,18). The smallest absolute Gasteiger partial charge is 0.350 e. The van der Waals surface area contributed by atoms with Gasteiger partial charge in [0.15, 0.2) is 11.5 Å². The third-order valence-corrected chi connectivity index (χ3v) is 3.91. The summed E-state index contributed by atoms with van der Waals surface area (Å²) in [4.78, 5) is 16.4. The number of carbonyl (C=O) groups excluding carboxylic acids is 1. The number of phenols is 1. The minimum Gasteiger partial charge on any atom is -0.504 e. The molecule has 2 aromatic rings. The minimum absolute atomic E-state index is 0.00285. The van der Waals surface area contributed by atoms with Gasteiger partial charge >= 0.3 is 5.97 Å². The fraction of sp³-hybridized carbons (Fsp3) is 0.267. The largest absolute Gasteiger partial charge is 0.504 e. The van der Waals surface area contributed by atoms with E-state index in [9.17, 15) is 9.90 Å². The molecule has 0 aliphatic carbocycles. The fourth-order valence-electron chi connectivity index (χ4n) is 1.80.